The summed E-state index contributed by atoms with van der Waals surface area (Å²) in [5, 5.41) is 8.20. The Morgan fingerprint density at radius 3 is 1.92 bits per heavy atom. The highest BCUT2D eigenvalue weighted by molar-refractivity contribution is 8.00. The predicted octanol–water partition coefficient (Wildman–Crippen LogP) is 6.52. The SMILES string of the molecule is Cc1ccc(NC(=O)C(C)Sc2ccc(NC(=O)/C(=C/c3ccccc3)NC(=O)c3ccccc3)cc2)cc1. The van der Waals surface area contributed by atoms with E-state index in [1.54, 1.807) is 42.5 Å². The molecule has 0 aliphatic carbocycles. The smallest absolute Gasteiger partial charge is 0.272 e. The topological polar surface area (TPSA) is 87.3 Å². The monoisotopic (exact) mass is 535 g/mol. The molecule has 39 heavy (non-hydrogen) atoms. The average Bonchev–Trinajstić information content (AvgIpc) is 2.96. The Morgan fingerprint density at radius 1 is 0.718 bits per heavy atom. The van der Waals surface area contributed by atoms with Crippen LogP contribution in [0.3, 0.4) is 0 Å². The average molecular weight is 536 g/mol. The van der Waals surface area contributed by atoms with E-state index in [1.165, 1.54) is 11.8 Å². The number of hydrogen-bond acceptors (Lipinski definition) is 4. The lowest BCUT2D eigenvalue weighted by Gasteiger charge is -2.14. The van der Waals surface area contributed by atoms with Crippen molar-refractivity contribution >= 4 is 46.9 Å². The van der Waals surface area contributed by atoms with Crippen molar-refractivity contribution < 1.29 is 14.4 Å². The molecule has 0 spiro atoms. The Labute approximate surface area is 232 Å². The molecule has 0 radical (unpaired) electrons. The van der Waals surface area contributed by atoms with Gasteiger partial charge in [-0.1, -0.05) is 66.2 Å². The molecule has 196 valence electrons. The first-order valence-electron chi connectivity index (χ1n) is 12.5. The molecule has 0 aliphatic rings. The summed E-state index contributed by atoms with van der Waals surface area (Å²) in [6.45, 7) is 3.84. The largest absolute Gasteiger partial charge is 0.325 e. The van der Waals surface area contributed by atoms with Gasteiger partial charge in [-0.2, -0.15) is 0 Å². The van der Waals surface area contributed by atoms with Gasteiger partial charge in [0.15, 0.2) is 0 Å². The molecule has 4 aromatic rings. The lowest BCUT2D eigenvalue weighted by atomic mass is 10.1. The van der Waals surface area contributed by atoms with Crippen molar-refractivity contribution in [3.63, 3.8) is 0 Å². The number of anilines is 2. The van der Waals surface area contributed by atoms with E-state index < -0.39 is 5.91 Å². The highest BCUT2D eigenvalue weighted by Gasteiger charge is 2.17. The summed E-state index contributed by atoms with van der Waals surface area (Å²) in [5.41, 5.74) is 3.80. The maximum absolute atomic E-state index is 13.2. The molecule has 3 amide bonds. The standard InChI is InChI=1S/C32H29N3O3S/c1-22-13-15-26(16-14-22)33-30(36)23(2)39-28-19-17-27(18-20-28)34-32(38)29(21-24-9-5-3-6-10-24)35-31(37)25-11-7-4-8-12-25/h3-21,23H,1-2H3,(H,33,36)(H,34,38)(H,35,37)/b29-21-. The minimum atomic E-state index is -0.450. The fourth-order valence-electron chi connectivity index (χ4n) is 3.61. The summed E-state index contributed by atoms with van der Waals surface area (Å²) in [6, 6.07) is 32.9. The van der Waals surface area contributed by atoms with Crippen LogP contribution in [0.4, 0.5) is 11.4 Å². The third-order valence-corrected chi connectivity index (χ3v) is 6.86. The molecule has 0 saturated heterocycles. The minimum Gasteiger partial charge on any atom is -0.325 e. The van der Waals surface area contributed by atoms with Gasteiger partial charge in [-0.15, -0.1) is 11.8 Å². The van der Waals surface area contributed by atoms with E-state index in [0.717, 1.165) is 21.7 Å². The Balaban J connectivity index is 1.41. The number of hydrogen-bond donors (Lipinski definition) is 3. The van der Waals surface area contributed by atoms with Crippen LogP contribution >= 0.6 is 11.8 Å². The number of benzene rings is 4. The summed E-state index contributed by atoms with van der Waals surface area (Å²) in [7, 11) is 0. The van der Waals surface area contributed by atoms with Gasteiger partial charge in [0.1, 0.15) is 5.70 Å². The normalized spacial score (nSPS) is 11.8. The van der Waals surface area contributed by atoms with Crippen molar-refractivity contribution in [1.29, 1.82) is 0 Å². The summed E-state index contributed by atoms with van der Waals surface area (Å²) in [5.74, 6) is -0.918. The predicted molar refractivity (Wildman–Crippen MR) is 159 cm³/mol. The molecule has 0 bridgehead atoms. The third kappa shape index (κ3) is 8.18. The van der Waals surface area contributed by atoms with Crippen molar-refractivity contribution in [2.45, 2.75) is 24.0 Å². The fourth-order valence-corrected chi connectivity index (χ4v) is 4.48. The molecule has 0 saturated carbocycles. The number of carbonyl (C=O) groups is 3. The zero-order valence-corrected chi connectivity index (χ0v) is 22.5. The molecule has 0 fully saturated rings. The van der Waals surface area contributed by atoms with Gasteiger partial charge in [0.25, 0.3) is 11.8 Å². The van der Waals surface area contributed by atoms with Gasteiger partial charge in [-0.25, -0.2) is 0 Å². The lowest BCUT2D eigenvalue weighted by molar-refractivity contribution is -0.115. The highest BCUT2D eigenvalue weighted by atomic mass is 32.2. The van der Waals surface area contributed by atoms with Crippen LogP contribution in [0, 0.1) is 6.92 Å². The number of carbonyl (C=O) groups excluding carboxylic acids is 3. The van der Waals surface area contributed by atoms with Crippen molar-refractivity contribution in [1.82, 2.24) is 5.32 Å². The minimum absolute atomic E-state index is 0.0916. The molecule has 4 aromatic carbocycles. The van der Waals surface area contributed by atoms with Crippen LogP contribution in [-0.2, 0) is 9.59 Å². The Morgan fingerprint density at radius 2 is 1.28 bits per heavy atom. The molecule has 1 unspecified atom stereocenters. The highest BCUT2D eigenvalue weighted by Crippen LogP contribution is 2.26. The van der Waals surface area contributed by atoms with E-state index >= 15 is 0 Å². The van der Waals surface area contributed by atoms with Gasteiger partial charge < -0.3 is 16.0 Å². The van der Waals surface area contributed by atoms with Crippen LogP contribution in [-0.4, -0.2) is 23.0 Å². The first kappa shape index (κ1) is 27.4. The number of rotatable bonds is 9. The Kier molecular flexibility index (Phi) is 9.32. The van der Waals surface area contributed by atoms with Gasteiger partial charge in [-0.05, 0) is 74.0 Å². The lowest BCUT2D eigenvalue weighted by Crippen LogP contribution is -2.30. The summed E-state index contributed by atoms with van der Waals surface area (Å²) < 4.78 is 0. The second kappa shape index (κ2) is 13.3. The molecule has 0 heterocycles. The zero-order valence-electron chi connectivity index (χ0n) is 21.7. The van der Waals surface area contributed by atoms with Crippen LogP contribution < -0.4 is 16.0 Å². The summed E-state index contributed by atoms with van der Waals surface area (Å²) >= 11 is 1.42. The molecule has 1 atom stereocenters. The van der Waals surface area contributed by atoms with Crippen molar-refractivity contribution in [2.24, 2.45) is 0 Å². The molecule has 4 rings (SSSR count). The van der Waals surface area contributed by atoms with Gasteiger partial charge in [-0.3, -0.25) is 14.4 Å². The maximum Gasteiger partial charge on any atom is 0.272 e. The van der Waals surface area contributed by atoms with Crippen molar-refractivity contribution in [3.8, 4) is 0 Å². The molecular weight excluding hydrogens is 506 g/mol. The van der Waals surface area contributed by atoms with E-state index in [2.05, 4.69) is 16.0 Å². The van der Waals surface area contributed by atoms with Gasteiger partial charge in [0.05, 0.1) is 5.25 Å². The quantitative estimate of drug-likeness (QED) is 0.168. The van der Waals surface area contributed by atoms with Crippen molar-refractivity contribution in [2.75, 3.05) is 10.6 Å². The van der Waals surface area contributed by atoms with E-state index in [0.29, 0.717) is 11.3 Å². The van der Waals surface area contributed by atoms with Crippen molar-refractivity contribution in [3.05, 3.63) is 132 Å². The van der Waals surface area contributed by atoms with E-state index in [-0.39, 0.29) is 22.8 Å². The number of aryl methyl sites for hydroxylation is 1. The van der Waals surface area contributed by atoms with Crippen LogP contribution in [0.5, 0.6) is 0 Å². The first-order valence-corrected chi connectivity index (χ1v) is 13.3. The van der Waals surface area contributed by atoms with Gasteiger partial charge in [0.2, 0.25) is 5.91 Å². The molecule has 7 heteroatoms. The van der Waals surface area contributed by atoms with E-state index in [4.69, 9.17) is 0 Å². The number of amides is 3. The second-order valence-corrected chi connectivity index (χ2v) is 10.3. The van der Waals surface area contributed by atoms with Crippen LogP contribution in [0.2, 0.25) is 0 Å². The fraction of sp³-hybridized carbons (Fsp3) is 0.0938. The van der Waals surface area contributed by atoms with Gasteiger partial charge >= 0.3 is 0 Å². The summed E-state index contributed by atoms with van der Waals surface area (Å²) in [6.07, 6.45) is 1.63. The van der Waals surface area contributed by atoms with Gasteiger partial charge in [0, 0.05) is 21.8 Å². The maximum atomic E-state index is 13.2. The molecule has 6 nitrogen and oxygen atoms in total. The second-order valence-electron chi connectivity index (χ2n) is 8.88. The Hall–Kier alpha value is -4.62. The first-order chi connectivity index (χ1) is 18.9. The Bertz CT molecular complexity index is 1450. The number of thioether (sulfide) groups is 1. The van der Waals surface area contributed by atoms with Crippen LogP contribution in [0.1, 0.15) is 28.4 Å². The van der Waals surface area contributed by atoms with Crippen LogP contribution in [0.25, 0.3) is 6.08 Å². The molecule has 0 aromatic heterocycles. The molecule has 3 N–H and O–H groups in total. The summed E-state index contributed by atoms with van der Waals surface area (Å²) in [4.78, 5) is 39.4. The molecular formula is C32H29N3O3S. The number of nitrogens with one attached hydrogen (secondary N) is 3. The third-order valence-electron chi connectivity index (χ3n) is 5.75. The van der Waals surface area contributed by atoms with E-state index in [1.807, 2.05) is 86.6 Å². The van der Waals surface area contributed by atoms with Crippen LogP contribution in [0.15, 0.2) is 120 Å². The molecule has 0 aliphatic heterocycles. The zero-order chi connectivity index (χ0) is 27.6. The van der Waals surface area contributed by atoms with E-state index in [9.17, 15) is 14.4 Å².